The van der Waals surface area contributed by atoms with Gasteiger partial charge < -0.3 is 10.4 Å². The Kier molecular flexibility index (Phi) is 4.44. The first-order chi connectivity index (χ1) is 7.59. The number of hydrogen-bond acceptors (Lipinski definition) is 3. The smallest absolute Gasteiger partial charge is 0.303 e. The third-order valence-electron chi connectivity index (χ3n) is 2.03. The Bertz CT molecular complexity index is 365. The molecule has 1 atom stereocenters. The van der Waals surface area contributed by atoms with E-state index < -0.39 is 5.97 Å². The summed E-state index contributed by atoms with van der Waals surface area (Å²) in [5.74, 6) is -1.23. The minimum absolute atomic E-state index is 0.0441. The minimum Gasteiger partial charge on any atom is -0.481 e. The lowest BCUT2D eigenvalue weighted by Gasteiger charge is -2.09. The summed E-state index contributed by atoms with van der Waals surface area (Å²) in [6.07, 6.45) is 1.58. The van der Waals surface area contributed by atoms with Crippen LogP contribution in [0.2, 0.25) is 0 Å². The predicted octanol–water partition coefficient (Wildman–Crippen LogP) is 0.922. The van der Waals surface area contributed by atoms with Crippen molar-refractivity contribution in [3.8, 4) is 0 Å². The van der Waals surface area contributed by atoms with Crippen LogP contribution in [-0.4, -0.2) is 28.5 Å². The molecule has 0 fully saturated rings. The van der Waals surface area contributed by atoms with E-state index in [1.807, 2.05) is 0 Å². The van der Waals surface area contributed by atoms with Crippen molar-refractivity contribution in [1.82, 2.24) is 10.3 Å². The lowest BCUT2D eigenvalue weighted by Crippen LogP contribution is -2.29. The number of carboxylic acids is 1. The molecule has 5 nitrogen and oxygen atoms in total. The third kappa shape index (κ3) is 4.08. The molecule has 0 aliphatic rings. The molecule has 0 aliphatic heterocycles. The number of nitrogens with zero attached hydrogens (tertiary/aromatic N) is 1. The molecule has 0 saturated heterocycles. The quantitative estimate of drug-likeness (QED) is 0.776. The van der Waals surface area contributed by atoms with Gasteiger partial charge in [-0.1, -0.05) is 13.0 Å². The summed E-state index contributed by atoms with van der Waals surface area (Å²) in [4.78, 5) is 25.8. The van der Waals surface area contributed by atoms with Gasteiger partial charge in [0.05, 0.1) is 0 Å². The number of nitrogens with one attached hydrogen (secondary N) is 1. The van der Waals surface area contributed by atoms with Crippen LogP contribution in [0, 0.1) is 5.92 Å². The summed E-state index contributed by atoms with van der Waals surface area (Å²) < 4.78 is 0. The van der Waals surface area contributed by atoms with Gasteiger partial charge in [0.1, 0.15) is 5.69 Å². The molecule has 0 aromatic carbocycles. The largest absolute Gasteiger partial charge is 0.481 e. The number of carboxylic acid groups (broad SMARTS) is 1. The molecule has 5 heteroatoms. The van der Waals surface area contributed by atoms with Crippen molar-refractivity contribution in [3.63, 3.8) is 0 Å². The number of aromatic nitrogens is 1. The second kappa shape index (κ2) is 5.85. The molecular formula is C11H14N2O3. The first-order valence-electron chi connectivity index (χ1n) is 5.00. The van der Waals surface area contributed by atoms with Gasteiger partial charge in [0, 0.05) is 19.2 Å². The van der Waals surface area contributed by atoms with E-state index in [0.717, 1.165) is 0 Å². The van der Waals surface area contributed by atoms with Crippen LogP contribution in [0.15, 0.2) is 24.4 Å². The lowest BCUT2D eigenvalue weighted by molar-refractivity contribution is -0.137. The zero-order chi connectivity index (χ0) is 12.0. The van der Waals surface area contributed by atoms with Crippen LogP contribution in [0.25, 0.3) is 0 Å². The number of carbonyl (C=O) groups excluding carboxylic acids is 1. The van der Waals surface area contributed by atoms with Crippen molar-refractivity contribution in [2.75, 3.05) is 6.54 Å². The zero-order valence-corrected chi connectivity index (χ0v) is 9.01. The van der Waals surface area contributed by atoms with Crippen molar-refractivity contribution >= 4 is 11.9 Å². The monoisotopic (exact) mass is 222 g/mol. The topological polar surface area (TPSA) is 79.3 Å². The fourth-order valence-electron chi connectivity index (χ4n) is 1.22. The van der Waals surface area contributed by atoms with Gasteiger partial charge in [-0.05, 0) is 18.1 Å². The highest BCUT2D eigenvalue weighted by Gasteiger charge is 2.10. The number of pyridine rings is 1. The fourth-order valence-corrected chi connectivity index (χ4v) is 1.22. The van der Waals surface area contributed by atoms with Gasteiger partial charge in [-0.25, -0.2) is 0 Å². The van der Waals surface area contributed by atoms with Crippen LogP contribution in [0.1, 0.15) is 23.8 Å². The first kappa shape index (κ1) is 12.2. The van der Waals surface area contributed by atoms with Crippen LogP contribution in [0.3, 0.4) is 0 Å². The van der Waals surface area contributed by atoms with Crippen LogP contribution in [0.5, 0.6) is 0 Å². The number of hydrogen-bond donors (Lipinski definition) is 2. The van der Waals surface area contributed by atoms with E-state index >= 15 is 0 Å². The Labute approximate surface area is 93.5 Å². The van der Waals surface area contributed by atoms with E-state index in [0.29, 0.717) is 12.2 Å². The maximum absolute atomic E-state index is 11.5. The van der Waals surface area contributed by atoms with Crippen molar-refractivity contribution in [1.29, 1.82) is 0 Å². The fraction of sp³-hybridized carbons (Fsp3) is 0.364. The van der Waals surface area contributed by atoms with Gasteiger partial charge in [0.25, 0.3) is 5.91 Å². The van der Waals surface area contributed by atoms with Gasteiger partial charge in [-0.2, -0.15) is 0 Å². The summed E-state index contributed by atoms with van der Waals surface area (Å²) in [5, 5.41) is 11.2. The summed E-state index contributed by atoms with van der Waals surface area (Å²) in [6, 6.07) is 5.06. The van der Waals surface area contributed by atoms with Gasteiger partial charge in [-0.3, -0.25) is 14.6 Å². The van der Waals surface area contributed by atoms with E-state index in [2.05, 4.69) is 10.3 Å². The third-order valence-corrected chi connectivity index (χ3v) is 2.03. The van der Waals surface area contributed by atoms with Crippen molar-refractivity contribution in [2.45, 2.75) is 13.3 Å². The van der Waals surface area contributed by atoms with Crippen LogP contribution in [0.4, 0.5) is 0 Å². The van der Waals surface area contributed by atoms with E-state index in [-0.39, 0.29) is 18.2 Å². The van der Waals surface area contributed by atoms with Crippen molar-refractivity contribution < 1.29 is 14.7 Å². The molecule has 0 radical (unpaired) electrons. The highest BCUT2D eigenvalue weighted by atomic mass is 16.4. The van der Waals surface area contributed by atoms with Gasteiger partial charge in [-0.15, -0.1) is 0 Å². The van der Waals surface area contributed by atoms with Crippen LogP contribution in [-0.2, 0) is 4.79 Å². The number of amides is 1. The standard InChI is InChI=1S/C11H14N2O3/c1-8(6-10(14)15)7-13-11(16)9-4-2-3-5-12-9/h2-5,8H,6-7H2,1H3,(H,13,16)(H,14,15). The molecule has 1 rings (SSSR count). The van der Waals surface area contributed by atoms with E-state index in [4.69, 9.17) is 5.11 Å². The molecule has 0 aliphatic carbocycles. The predicted molar refractivity (Wildman–Crippen MR) is 58.0 cm³/mol. The Morgan fingerprint density at radius 2 is 2.25 bits per heavy atom. The van der Waals surface area contributed by atoms with Gasteiger partial charge in [0.15, 0.2) is 0 Å². The SMILES string of the molecule is CC(CNC(=O)c1ccccn1)CC(=O)O. The molecule has 1 aromatic rings. The normalized spacial score (nSPS) is 11.8. The summed E-state index contributed by atoms with van der Waals surface area (Å²) in [5.41, 5.74) is 0.338. The molecule has 1 amide bonds. The summed E-state index contributed by atoms with van der Waals surface area (Å²) >= 11 is 0. The van der Waals surface area contributed by atoms with E-state index in [1.165, 1.54) is 6.20 Å². The number of aliphatic carboxylic acids is 1. The summed E-state index contributed by atoms with van der Waals surface area (Å²) in [7, 11) is 0. The Morgan fingerprint density at radius 1 is 1.50 bits per heavy atom. The Morgan fingerprint density at radius 3 is 2.81 bits per heavy atom. The second-order valence-corrected chi connectivity index (χ2v) is 3.63. The summed E-state index contributed by atoms with van der Waals surface area (Å²) in [6.45, 7) is 2.11. The molecule has 0 saturated carbocycles. The average molecular weight is 222 g/mol. The molecule has 1 unspecified atom stereocenters. The van der Waals surface area contributed by atoms with E-state index in [1.54, 1.807) is 25.1 Å². The lowest BCUT2D eigenvalue weighted by atomic mass is 10.1. The maximum Gasteiger partial charge on any atom is 0.303 e. The highest BCUT2D eigenvalue weighted by molar-refractivity contribution is 5.92. The molecular weight excluding hydrogens is 208 g/mol. The minimum atomic E-state index is -0.861. The number of rotatable bonds is 5. The molecule has 86 valence electrons. The molecule has 2 N–H and O–H groups in total. The molecule has 1 heterocycles. The van der Waals surface area contributed by atoms with Gasteiger partial charge >= 0.3 is 5.97 Å². The molecule has 0 bridgehead atoms. The Balaban J connectivity index is 2.39. The van der Waals surface area contributed by atoms with Crippen LogP contribution < -0.4 is 5.32 Å². The van der Waals surface area contributed by atoms with Gasteiger partial charge in [0.2, 0.25) is 0 Å². The molecule has 0 spiro atoms. The highest BCUT2D eigenvalue weighted by Crippen LogP contribution is 2.00. The average Bonchev–Trinajstić information content (AvgIpc) is 2.26. The number of carbonyl (C=O) groups is 2. The Hall–Kier alpha value is -1.91. The van der Waals surface area contributed by atoms with Crippen molar-refractivity contribution in [3.05, 3.63) is 30.1 Å². The van der Waals surface area contributed by atoms with Crippen molar-refractivity contribution in [2.24, 2.45) is 5.92 Å². The van der Waals surface area contributed by atoms with Crippen LogP contribution >= 0.6 is 0 Å². The van der Waals surface area contributed by atoms with E-state index in [9.17, 15) is 9.59 Å². The molecule has 1 aromatic heterocycles. The zero-order valence-electron chi connectivity index (χ0n) is 9.01. The first-order valence-corrected chi connectivity index (χ1v) is 5.00. The second-order valence-electron chi connectivity index (χ2n) is 3.63. The maximum atomic E-state index is 11.5. The molecule has 16 heavy (non-hydrogen) atoms.